The van der Waals surface area contributed by atoms with Gasteiger partial charge in [0, 0.05) is 42.5 Å². The second-order valence-corrected chi connectivity index (χ2v) is 8.71. The maximum Gasteiger partial charge on any atom is 0.328 e. The Morgan fingerprint density at radius 1 is 1.06 bits per heavy atom. The first-order chi connectivity index (χ1) is 17.0. The van der Waals surface area contributed by atoms with Crippen LogP contribution < -0.4 is 10.1 Å². The molecule has 35 heavy (non-hydrogen) atoms. The van der Waals surface area contributed by atoms with Gasteiger partial charge in [-0.1, -0.05) is 36.4 Å². The van der Waals surface area contributed by atoms with E-state index in [4.69, 9.17) is 9.47 Å². The molecule has 0 unspecified atom stereocenters. The Morgan fingerprint density at radius 2 is 1.77 bits per heavy atom. The fraction of sp³-hybridized carbons (Fsp3) is 0.370. The minimum atomic E-state index is -0.776. The number of nitrogens with zero attached hydrogens (tertiary/aromatic N) is 1. The monoisotopic (exact) mass is 477 g/mol. The number of amides is 2. The molecule has 0 saturated carbocycles. The molecule has 184 valence electrons. The Hall–Kier alpha value is -3.81. The Morgan fingerprint density at radius 3 is 2.51 bits per heavy atom. The number of carbonyl (C=O) groups excluding carboxylic acids is 3. The molecule has 8 nitrogen and oxygen atoms in total. The SMILES string of the molecule is COC(=O)[C@@H](Cc1c[nH]c2ccccc12)NC(=O)C1CCN(C(=O)CCOc2ccccc2)CC1. The van der Waals surface area contributed by atoms with E-state index < -0.39 is 12.0 Å². The maximum absolute atomic E-state index is 13.0. The molecule has 0 radical (unpaired) electrons. The predicted molar refractivity (Wildman–Crippen MR) is 132 cm³/mol. The first kappa shape index (κ1) is 24.3. The summed E-state index contributed by atoms with van der Waals surface area (Å²) in [5.74, 6) is -0.154. The van der Waals surface area contributed by atoms with E-state index in [9.17, 15) is 14.4 Å². The number of methoxy groups -OCH3 is 1. The maximum atomic E-state index is 13.0. The van der Waals surface area contributed by atoms with E-state index in [-0.39, 0.29) is 17.7 Å². The molecule has 1 atom stereocenters. The summed E-state index contributed by atoms with van der Waals surface area (Å²) in [6.45, 7) is 1.33. The molecule has 1 fully saturated rings. The highest BCUT2D eigenvalue weighted by molar-refractivity contribution is 5.88. The first-order valence-corrected chi connectivity index (χ1v) is 11.9. The molecule has 1 aromatic heterocycles. The first-order valence-electron chi connectivity index (χ1n) is 11.9. The smallest absolute Gasteiger partial charge is 0.328 e. The quantitative estimate of drug-likeness (QED) is 0.462. The van der Waals surface area contributed by atoms with Crippen molar-refractivity contribution in [1.29, 1.82) is 0 Å². The zero-order valence-electron chi connectivity index (χ0n) is 19.9. The highest BCUT2D eigenvalue weighted by Crippen LogP contribution is 2.21. The molecular weight excluding hydrogens is 446 g/mol. The van der Waals surface area contributed by atoms with Gasteiger partial charge >= 0.3 is 5.97 Å². The number of piperidine rings is 1. The Kier molecular flexibility index (Phi) is 8.03. The number of carbonyl (C=O) groups is 3. The van der Waals surface area contributed by atoms with Crippen molar-refractivity contribution in [3.05, 3.63) is 66.4 Å². The van der Waals surface area contributed by atoms with Crippen molar-refractivity contribution in [2.24, 2.45) is 5.92 Å². The molecule has 2 heterocycles. The van der Waals surface area contributed by atoms with Gasteiger partial charge in [0.05, 0.1) is 20.1 Å². The lowest BCUT2D eigenvalue weighted by Gasteiger charge is -2.32. The largest absolute Gasteiger partial charge is 0.493 e. The van der Waals surface area contributed by atoms with Crippen molar-refractivity contribution >= 4 is 28.7 Å². The average Bonchev–Trinajstić information content (AvgIpc) is 3.31. The number of esters is 1. The van der Waals surface area contributed by atoms with Gasteiger partial charge < -0.3 is 24.7 Å². The molecular formula is C27H31N3O5. The van der Waals surface area contributed by atoms with Crippen LogP contribution in [0, 0.1) is 5.92 Å². The van der Waals surface area contributed by atoms with Gasteiger partial charge in [-0.05, 0) is 36.6 Å². The van der Waals surface area contributed by atoms with E-state index in [1.54, 1.807) is 4.90 Å². The van der Waals surface area contributed by atoms with Crippen molar-refractivity contribution in [3.63, 3.8) is 0 Å². The number of ether oxygens (including phenoxy) is 2. The molecule has 2 N–H and O–H groups in total. The standard InChI is InChI=1S/C27H31N3O5/c1-34-27(33)24(17-20-18-28-23-10-6-5-9-22(20)23)29-26(32)19-11-14-30(15-12-19)25(31)13-16-35-21-7-3-2-4-8-21/h2-10,18-19,24,28H,11-17H2,1H3,(H,29,32)/t24-/m1/s1. The molecule has 0 aliphatic carbocycles. The van der Waals surface area contributed by atoms with Crippen LogP contribution in [-0.4, -0.2) is 60.5 Å². The molecule has 2 aromatic carbocycles. The lowest BCUT2D eigenvalue weighted by Crippen LogP contribution is -2.48. The molecule has 1 aliphatic heterocycles. The lowest BCUT2D eigenvalue weighted by atomic mass is 9.94. The van der Waals surface area contributed by atoms with Gasteiger partial charge in [-0.25, -0.2) is 4.79 Å². The summed E-state index contributed by atoms with van der Waals surface area (Å²) in [5, 5.41) is 3.90. The van der Waals surface area contributed by atoms with Crippen LogP contribution in [0.4, 0.5) is 0 Å². The molecule has 4 rings (SSSR count). The highest BCUT2D eigenvalue weighted by Gasteiger charge is 2.31. The molecule has 0 bridgehead atoms. The van der Waals surface area contributed by atoms with E-state index >= 15 is 0 Å². The van der Waals surface area contributed by atoms with Crippen LogP contribution in [0.3, 0.4) is 0 Å². The van der Waals surface area contributed by atoms with E-state index in [2.05, 4.69) is 10.3 Å². The van der Waals surface area contributed by atoms with E-state index in [0.717, 1.165) is 22.2 Å². The number of aromatic nitrogens is 1. The third kappa shape index (κ3) is 6.20. The fourth-order valence-corrected chi connectivity index (χ4v) is 4.47. The number of nitrogens with one attached hydrogen (secondary N) is 2. The number of hydrogen-bond donors (Lipinski definition) is 2. The van der Waals surface area contributed by atoms with Crippen molar-refractivity contribution in [1.82, 2.24) is 15.2 Å². The summed E-state index contributed by atoms with van der Waals surface area (Å²) < 4.78 is 10.6. The van der Waals surface area contributed by atoms with Crippen LogP contribution in [-0.2, 0) is 25.5 Å². The zero-order valence-corrected chi connectivity index (χ0v) is 19.9. The van der Waals surface area contributed by atoms with Gasteiger partial charge in [-0.3, -0.25) is 9.59 Å². The number of hydrogen-bond acceptors (Lipinski definition) is 5. The minimum absolute atomic E-state index is 0.0200. The zero-order chi connectivity index (χ0) is 24.6. The minimum Gasteiger partial charge on any atom is -0.493 e. The second-order valence-electron chi connectivity index (χ2n) is 8.71. The Bertz CT molecular complexity index is 1150. The van der Waals surface area contributed by atoms with Crippen LogP contribution in [0.2, 0.25) is 0 Å². The van der Waals surface area contributed by atoms with Crippen LogP contribution in [0.15, 0.2) is 60.8 Å². The molecule has 1 aliphatic rings. The van der Waals surface area contributed by atoms with Crippen molar-refractivity contribution < 1.29 is 23.9 Å². The number of rotatable bonds is 9. The molecule has 2 amide bonds. The van der Waals surface area contributed by atoms with Gasteiger partial charge in [-0.15, -0.1) is 0 Å². The van der Waals surface area contributed by atoms with Crippen molar-refractivity contribution in [2.45, 2.75) is 31.7 Å². The topological polar surface area (TPSA) is 101 Å². The Balaban J connectivity index is 1.27. The normalized spacial score (nSPS) is 14.9. The van der Waals surface area contributed by atoms with Gasteiger partial charge in [0.1, 0.15) is 11.8 Å². The summed E-state index contributed by atoms with van der Waals surface area (Å²) in [4.78, 5) is 42.9. The third-order valence-corrected chi connectivity index (χ3v) is 6.45. The van der Waals surface area contributed by atoms with Crippen molar-refractivity contribution in [2.75, 3.05) is 26.8 Å². The van der Waals surface area contributed by atoms with Crippen molar-refractivity contribution in [3.8, 4) is 5.75 Å². The number of para-hydroxylation sites is 2. The third-order valence-electron chi connectivity index (χ3n) is 6.45. The summed E-state index contributed by atoms with van der Waals surface area (Å²) >= 11 is 0. The predicted octanol–water partition coefficient (Wildman–Crippen LogP) is 3.08. The van der Waals surface area contributed by atoms with Gasteiger partial charge in [-0.2, -0.15) is 0 Å². The second kappa shape index (κ2) is 11.6. The number of likely N-dealkylation sites (tertiary alicyclic amines) is 1. The Labute approximate surface area is 204 Å². The van der Waals surface area contributed by atoms with E-state index in [1.165, 1.54) is 7.11 Å². The number of aromatic amines is 1. The lowest BCUT2D eigenvalue weighted by molar-refractivity contribution is -0.145. The summed E-state index contributed by atoms with van der Waals surface area (Å²) in [6, 6.07) is 16.4. The molecule has 8 heteroatoms. The van der Waals surface area contributed by atoms with Crippen LogP contribution in [0.25, 0.3) is 10.9 Å². The average molecular weight is 478 g/mol. The number of benzene rings is 2. The van der Waals surface area contributed by atoms with Gasteiger partial charge in [0.2, 0.25) is 11.8 Å². The van der Waals surface area contributed by atoms with Gasteiger partial charge in [0.15, 0.2) is 0 Å². The molecule has 3 aromatic rings. The van der Waals surface area contributed by atoms with E-state index in [1.807, 2.05) is 60.8 Å². The van der Waals surface area contributed by atoms with Crippen LogP contribution >= 0.6 is 0 Å². The molecule has 0 spiro atoms. The summed E-state index contributed by atoms with van der Waals surface area (Å²) in [5.41, 5.74) is 1.91. The van der Waals surface area contributed by atoms with Gasteiger partial charge in [0.25, 0.3) is 0 Å². The number of fused-ring (bicyclic) bond motifs is 1. The molecule has 1 saturated heterocycles. The van der Waals surface area contributed by atoms with Crippen LogP contribution in [0.5, 0.6) is 5.75 Å². The number of H-pyrrole nitrogens is 1. The fourth-order valence-electron chi connectivity index (χ4n) is 4.47. The highest BCUT2D eigenvalue weighted by atomic mass is 16.5. The summed E-state index contributed by atoms with van der Waals surface area (Å²) in [6.07, 6.45) is 3.59. The van der Waals surface area contributed by atoms with E-state index in [0.29, 0.717) is 45.4 Å². The summed E-state index contributed by atoms with van der Waals surface area (Å²) in [7, 11) is 1.32. The van der Waals surface area contributed by atoms with Crippen LogP contribution in [0.1, 0.15) is 24.8 Å².